The van der Waals surface area contributed by atoms with Gasteiger partial charge in [-0.1, -0.05) is 42.5 Å². The minimum atomic E-state index is -3.12. The fraction of sp³-hybridized carbons (Fsp3) is 0.381. The maximum atomic E-state index is 12.5. The molecule has 0 heterocycles. The van der Waals surface area contributed by atoms with Gasteiger partial charge in [-0.25, -0.2) is 8.42 Å². The third kappa shape index (κ3) is 4.18. The molecule has 2 aromatic carbocycles. The lowest BCUT2D eigenvalue weighted by Crippen LogP contribution is -2.16. The molecule has 0 amide bonds. The maximum absolute atomic E-state index is 12.5. The molecule has 0 atom stereocenters. The standard InChI is InChI=1S/C21H24O3S/c1-15(2)25(23,24)14-16-6-10-19(11-7-16)21(22)13-17-8-9-18-4-3-5-20(18)12-17/h6-12,15H,3-5,13-14H2,1-2H3. The first-order valence-electron chi connectivity index (χ1n) is 8.79. The summed E-state index contributed by atoms with van der Waals surface area (Å²) in [6.45, 7) is 3.37. The summed E-state index contributed by atoms with van der Waals surface area (Å²) in [5.41, 5.74) is 5.19. The Morgan fingerprint density at radius 3 is 2.28 bits per heavy atom. The molecule has 0 fully saturated rings. The number of fused-ring (bicyclic) bond motifs is 1. The van der Waals surface area contributed by atoms with Gasteiger partial charge in [-0.05, 0) is 55.4 Å². The van der Waals surface area contributed by atoms with Crippen LogP contribution in [-0.4, -0.2) is 19.5 Å². The molecule has 0 aromatic heterocycles. The van der Waals surface area contributed by atoms with E-state index in [9.17, 15) is 13.2 Å². The minimum Gasteiger partial charge on any atom is -0.294 e. The summed E-state index contributed by atoms with van der Waals surface area (Å²) in [6, 6.07) is 13.3. The molecule has 0 aliphatic heterocycles. The first-order valence-corrected chi connectivity index (χ1v) is 10.5. The Kier molecular flexibility index (Phi) is 5.09. The first kappa shape index (κ1) is 17.9. The third-order valence-electron chi connectivity index (χ3n) is 4.89. The Morgan fingerprint density at radius 2 is 1.60 bits per heavy atom. The zero-order valence-corrected chi connectivity index (χ0v) is 15.6. The van der Waals surface area contributed by atoms with Crippen molar-refractivity contribution in [3.05, 3.63) is 70.3 Å². The zero-order chi connectivity index (χ0) is 18.0. The van der Waals surface area contributed by atoms with Crippen LogP contribution in [0.25, 0.3) is 0 Å². The molecule has 0 N–H and O–H groups in total. The average Bonchev–Trinajstić information content (AvgIpc) is 3.02. The van der Waals surface area contributed by atoms with Gasteiger partial charge in [-0.2, -0.15) is 0 Å². The molecule has 0 bridgehead atoms. The molecule has 2 aromatic rings. The smallest absolute Gasteiger partial charge is 0.167 e. The van der Waals surface area contributed by atoms with Gasteiger partial charge in [0.15, 0.2) is 15.6 Å². The third-order valence-corrected chi connectivity index (χ3v) is 7.06. The number of hydrogen-bond donors (Lipinski definition) is 0. The fourth-order valence-corrected chi connectivity index (χ4v) is 4.20. The van der Waals surface area contributed by atoms with Gasteiger partial charge in [0.2, 0.25) is 0 Å². The molecule has 3 rings (SSSR count). The zero-order valence-electron chi connectivity index (χ0n) is 14.8. The van der Waals surface area contributed by atoms with E-state index in [1.54, 1.807) is 38.1 Å². The molecular weight excluding hydrogens is 332 g/mol. The SMILES string of the molecule is CC(C)S(=O)(=O)Cc1ccc(C(=O)Cc2ccc3c(c2)CCC3)cc1. The summed E-state index contributed by atoms with van der Waals surface area (Å²) in [7, 11) is -3.12. The van der Waals surface area contributed by atoms with E-state index >= 15 is 0 Å². The van der Waals surface area contributed by atoms with Crippen LogP contribution < -0.4 is 0 Å². The van der Waals surface area contributed by atoms with Gasteiger partial charge in [0.25, 0.3) is 0 Å². The normalized spacial score (nSPS) is 13.9. The number of sulfone groups is 1. The van der Waals surface area contributed by atoms with E-state index in [-0.39, 0.29) is 11.5 Å². The van der Waals surface area contributed by atoms with Gasteiger partial charge in [0.1, 0.15) is 0 Å². The summed E-state index contributed by atoms with van der Waals surface area (Å²) in [5, 5.41) is -0.395. The van der Waals surface area contributed by atoms with Gasteiger partial charge in [0.05, 0.1) is 11.0 Å². The molecule has 0 unspecified atom stereocenters. The number of benzene rings is 2. The van der Waals surface area contributed by atoms with Crippen LogP contribution in [0, 0.1) is 0 Å². The molecule has 25 heavy (non-hydrogen) atoms. The average molecular weight is 356 g/mol. The molecule has 3 nitrogen and oxygen atoms in total. The molecule has 0 spiro atoms. The van der Waals surface area contributed by atoms with Crippen LogP contribution in [0.4, 0.5) is 0 Å². The Labute approximate surface area is 150 Å². The number of aryl methyl sites for hydroxylation is 2. The highest BCUT2D eigenvalue weighted by Crippen LogP contribution is 2.23. The predicted octanol–water partition coefficient (Wildman–Crippen LogP) is 3.92. The second kappa shape index (κ2) is 7.12. The van der Waals surface area contributed by atoms with Crippen LogP contribution in [0.15, 0.2) is 42.5 Å². The molecule has 0 saturated heterocycles. The van der Waals surface area contributed by atoms with E-state index in [1.165, 1.54) is 17.5 Å². The molecule has 0 saturated carbocycles. The molecular formula is C21H24O3S. The van der Waals surface area contributed by atoms with Crippen LogP contribution >= 0.6 is 0 Å². The quantitative estimate of drug-likeness (QED) is 0.737. The number of rotatable bonds is 6. The van der Waals surface area contributed by atoms with E-state index in [0.29, 0.717) is 12.0 Å². The van der Waals surface area contributed by atoms with Gasteiger partial charge >= 0.3 is 0 Å². The van der Waals surface area contributed by atoms with E-state index in [0.717, 1.165) is 24.0 Å². The largest absolute Gasteiger partial charge is 0.294 e. The van der Waals surface area contributed by atoms with Crippen molar-refractivity contribution in [3.8, 4) is 0 Å². The number of Topliss-reactive ketones (excluding diaryl/α,β-unsaturated/α-hetero) is 1. The Hall–Kier alpha value is -1.94. The fourth-order valence-electron chi connectivity index (χ4n) is 3.21. The Bertz CT molecular complexity index is 878. The number of ketones is 1. The summed E-state index contributed by atoms with van der Waals surface area (Å²) < 4.78 is 24.0. The maximum Gasteiger partial charge on any atom is 0.167 e. The molecule has 1 aliphatic carbocycles. The second-order valence-corrected chi connectivity index (χ2v) is 9.67. The monoisotopic (exact) mass is 356 g/mol. The minimum absolute atomic E-state index is 0.0178. The van der Waals surface area contributed by atoms with Crippen molar-refractivity contribution >= 4 is 15.6 Å². The highest BCUT2D eigenvalue weighted by Gasteiger charge is 2.17. The molecule has 1 aliphatic rings. The number of hydrogen-bond acceptors (Lipinski definition) is 3. The van der Waals surface area contributed by atoms with Gasteiger partial charge in [-0.3, -0.25) is 4.79 Å². The first-order chi connectivity index (χ1) is 11.8. The van der Waals surface area contributed by atoms with Crippen molar-refractivity contribution < 1.29 is 13.2 Å². The van der Waals surface area contributed by atoms with Crippen molar-refractivity contribution in [2.24, 2.45) is 0 Å². The summed E-state index contributed by atoms with van der Waals surface area (Å²) in [6.07, 6.45) is 3.84. The van der Waals surface area contributed by atoms with Gasteiger partial charge < -0.3 is 0 Å². The van der Waals surface area contributed by atoms with Crippen molar-refractivity contribution in [2.45, 2.75) is 50.5 Å². The summed E-state index contributed by atoms with van der Waals surface area (Å²) in [4.78, 5) is 12.5. The lowest BCUT2D eigenvalue weighted by atomic mass is 9.99. The highest BCUT2D eigenvalue weighted by atomic mass is 32.2. The van der Waals surface area contributed by atoms with E-state index in [4.69, 9.17) is 0 Å². The second-order valence-electron chi connectivity index (χ2n) is 7.11. The lowest BCUT2D eigenvalue weighted by molar-refractivity contribution is 0.0993. The van der Waals surface area contributed by atoms with Crippen molar-refractivity contribution in [1.82, 2.24) is 0 Å². The van der Waals surface area contributed by atoms with Crippen molar-refractivity contribution in [2.75, 3.05) is 0 Å². The van der Waals surface area contributed by atoms with Crippen molar-refractivity contribution in [1.29, 1.82) is 0 Å². The van der Waals surface area contributed by atoms with Crippen LogP contribution in [0.2, 0.25) is 0 Å². The van der Waals surface area contributed by atoms with Crippen LogP contribution in [0.3, 0.4) is 0 Å². The highest BCUT2D eigenvalue weighted by molar-refractivity contribution is 7.91. The molecule has 4 heteroatoms. The van der Waals surface area contributed by atoms with E-state index < -0.39 is 15.1 Å². The predicted molar refractivity (Wildman–Crippen MR) is 101 cm³/mol. The van der Waals surface area contributed by atoms with Crippen LogP contribution in [0.1, 0.15) is 52.9 Å². The Balaban J connectivity index is 1.69. The van der Waals surface area contributed by atoms with Crippen LogP contribution in [0.5, 0.6) is 0 Å². The number of carbonyl (C=O) groups is 1. The van der Waals surface area contributed by atoms with Crippen molar-refractivity contribution in [3.63, 3.8) is 0 Å². The Morgan fingerprint density at radius 1 is 0.960 bits per heavy atom. The van der Waals surface area contributed by atoms with Gasteiger partial charge in [-0.15, -0.1) is 0 Å². The summed E-state index contributed by atoms with van der Waals surface area (Å²) in [5.74, 6) is 0.0838. The van der Waals surface area contributed by atoms with Crippen LogP contribution in [-0.2, 0) is 34.9 Å². The lowest BCUT2D eigenvalue weighted by Gasteiger charge is -2.08. The van der Waals surface area contributed by atoms with E-state index in [2.05, 4.69) is 12.1 Å². The molecule has 132 valence electrons. The topological polar surface area (TPSA) is 51.2 Å². The van der Waals surface area contributed by atoms with E-state index in [1.807, 2.05) is 6.07 Å². The van der Waals surface area contributed by atoms with Gasteiger partial charge in [0, 0.05) is 12.0 Å². The number of carbonyl (C=O) groups excluding carboxylic acids is 1. The summed E-state index contributed by atoms with van der Waals surface area (Å²) >= 11 is 0. The molecule has 0 radical (unpaired) electrons.